The third kappa shape index (κ3) is 6.88. The van der Waals surface area contributed by atoms with Crippen molar-refractivity contribution in [2.75, 3.05) is 7.11 Å². The van der Waals surface area contributed by atoms with Crippen LogP contribution < -0.4 is 20.2 Å². The molecule has 0 aliphatic heterocycles. The predicted molar refractivity (Wildman–Crippen MR) is 126 cm³/mol. The van der Waals surface area contributed by atoms with E-state index in [0.29, 0.717) is 16.9 Å². The number of thiophene rings is 1. The lowest BCUT2D eigenvalue weighted by Gasteiger charge is -2.09. The van der Waals surface area contributed by atoms with E-state index in [1.807, 2.05) is 17.5 Å². The fraction of sp³-hybridized carbons (Fsp3) is 0.0833. The minimum atomic E-state index is -0.590. The van der Waals surface area contributed by atoms with Gasteiger partial charge in [0.05, 0.1) is 13.3 Å². The van der Waals surface area contributed by atoms with Crippen LogP contribution in [0, 0.1) is 0 Å². The van der Waals surface area contributed by atoms with Gasteiger partial charge in [0.1, 0.15) is 5.70 Å². The van der Waals surface area contributed by atoms with Gasteiger partial charge in [-0.1, -0.05) is 24.3 Å². The molecule has 0 bridgehead atoms. The molecule has 8 nitrogen and oxygen atoms in total. The number of ether oxygens (including phenoxy) is 2. The van der Waals surface area contributed by atoms with E-state index < -0.39 is 17.8 Å². The quantitative estimate of drug-likeness (QED) is 0.175. The number of carbonyl (C=O) groups is 3. The van der Waals surface area contributed by atoms with Crippen molar-refractivity contribution in [1.82, 2.24) is 10.7 Å². The van der Waals surface area contributed by atoms with Crippen LogP contribution >= 0.6 is 11.3 Å². The Morgan fingerprint density at radius 2 is 1.79 bits per heavy atom. The Kier molecular flexibility index (Phi) is 8.09. The van der Waals surface area contributed by atoms with Crippen LogP contribution in [0.25, 0.3) is 6.08 Å². The average molecular weight is 464 g/mol. The highest BCUT2D eigenvalue weighted by Gasteiger charge is 2.14. The van der Waals surface area contributed by atoms with E-state index in [0.717, 1.165) is 4.88 Å². The molecule has 2 aromatic carbocycles. The number of hydrazone groups is 1. The molecule has 0 spiro atoms. The van der Waals surface area contributed by atoms with E-state index in [1.165, 1.54) is 31.6 Å². The van der Waals surface area contributed by atoms with Crippen LogP contribution in [0.1, 0.15) is 27.7 Å². The summed E-state index contributed by atoms with van der Waals surface area (Å²) < 4.78 is 10.3. The second kappa shape index (κ2) is 11.4. The highest BCUT2D eigenvalue weighted by Crippen LogP contribution is 2.27. The Bertz CT molecular complexity index is 1190. The van der Waals surface area contributed by atoms with Crippen LogP contribution in [0.5, 0.6) is 11.5 Å². The predicted octanol–water partition coefficient (Wildman–Crippen LogP) is 3.60. The van der Waals surface area contributed by atoms with Crippen molar-refractivity contribution in [3.8, 4) is 11.5 Å². The molecule has 3 rings (SSSR count). The average Bonchev–Trinajstić information content (AvgIpc) is 3.32. The molecule has 3 aromatic rings. The minimum absolute atomic E-state index is 0.0474. The Balaban J connectivity index is 1.73. The van der Waals surface area contributed by atoms with Gasteiger partial charge in [-0.2, -0.15) is 5.10 Å². The summed E-state index contributed by atoms with van der Waals surface area (Å²) in [5.41, 5.74) is 3.48. The number of carbonyl (C=O) groups excluding carboxylic acids is 3. The van der Waals surface area contributed by atoms with Gasteiger partial charge in [-0.25, -0.2) is 5.43 Å². The Morgan fingerprint density at radius 3 is 2.45 bits per heavy atom. The second-order valence-corrected chi connectivity index (χ2v) is 7.58. The summed E-state index contributed by atoms with van der Waals surface area (Å²) in [6.45, 7) is 1.29. The molecule has 0 fully saturated rings. The fourth-order valence-corrected chi connectivity index (χ4v) is 3.34. The molecule has 0 saturated carbocycles. The summed E-state index contributed by atoms with van der Waals surface area (Å²) >= 11 is 1.43. The molecule has 33 heavy (non-hydrogen) atoms. The first-order valence-electron chi connectivity index (χ1n) is 9.77. The van der Waals surface area contributed by atoms with Crippen molar-refractivity contribution < 1.29 is 23.9 Å². The first-order chi connectivity index (χ1) is 16.0. The lowest BCUT2D eigenvalue weighted by molar-refractivity contribution is -0.132. The number of nitrogens with zero attached hydrogens (tertiary/aromatic N) is 1. The topological polar surface area (TPSA) is 106 Å². The van der Waals surface area contributed by atoms with E-state index >= 15 is 0 Å². The van der Waals surface area contributed by atoms with E-state index in [1.54, 1.807) is 54.6 Å². The van der Waals surface area contributed by atoms with Crippen molar-refractivity contribution in [2.24, 2.45) is 5.10 Å². The molecule has 0 aliphatic carbocycles. The maximum Gasteiger partial charge on any atom is 0.308 e. The van der Waals surface area contributed by atoms with Gasteiger partial charge in [0.25, 0.3) is 11.8 Å². The first kappa shape index (κ1) is 23.4. The van der Waals surface area contributed by atoms with E-state index in [2.05, 4.69) is 15.8 Å². The largest absolute Gasteiger partial charge is 0.493 e. The highest BCUT2D eigenvalue weighted by molar-refractivity contribution is 7.10. The van der Waals surface area contributed by atoms with Crippen LogP contribution in [0.2, 0.25) is 0 Å². The second-order valence-electron chi connectivity index (χ2n) is 6.60. The molecular weight excluding hydrogens is 442 g/mol. The van der Waals surface area contributed by atoms with E-state index in [-0.39, 0.29) is 11.4 Å². The van der Waals surface area contributed by atoms with Crippen molar-refractivity contribution in [3.63, 3.8) is 0 Å². The third-order valence-corrected chi connectivity index (χ3v) is 5.00. The van der Waals surface area contributed by atoms with Gasteiger partial charge in [-0.3, -0.25) is 14.4 Å². The molecule has 0 aliphatic rings. The zero-order valence-corrected chi connectivity index (χ0v) is 18.7. The Hall–Kier alpha value is -4.24. The van der Waals surface area contributed by atoms with Crippen molar-refractivity contribution >= 4 is 41.4 Å². The number of hydrogen-bond donors (Lipinski definition) is 2. The van der Waals surface area contributed by atoms with Gasteiger partial charge in [0, 0.05) is 17.4 Å². The Morgan fingerprint density at radius 1 is 1.00 bits per heavy atom. The number of hydrogen-bond acceptors (Lipinski definition) is 7. The van der Waals surface area contributed by atoms with Crippen molar-refractivity contribution in [1.29, 1.82) is 0 Å². The number of rotatable bonds is 8. The van der Waals surface area contributed by atoms with Crippen LogP contribution in [0.4, 0.5) is 0 Å². The Labute approximate surface area is 194 Å². The fourth-order valence-electron chi connectivity index (χ4n) is 2.69. The van der Waals surface area contributed by atoms with Gasteiger partial charge in [0.15, 0.2) is 11.5 Å². The van der Waals surface area contributed by atoms with Crippen LogP contribution in [0.3, 0.4) is 0 Å². The van der Waals surface area contributed by atoms with Crippen molar-refractivity contribution in [3.05, 3.63) is 87.7 Å². The third-order valence-electron chi connectivity index (χ3n) is 4.18. The number of benzene rings is 2. The number of esters is 1. The maximum absolute atomic E-state index is 12.7. The molecule has 1 heterocycles. The summed E-state index contributed by atoms with van der Waals surface area (Å²) in [4.78, 5) is 37.3. The maximum atomic E-state index is 12.7. The summed E-state index contributed by atoms with van der Waals surface area (Å²) in [5, 5.41) is 8.47. The number of nitrogens with one attached hydrogen (secondary N) is 2. The molecule has 9 heteroatoms. The number of methoxy groups -OCH3 is 1. The van der Waals surface area contributed by atoms with Gasteiger partial charge in [-0.15, -0.1) is 11.3 Å². The lowest BCUT2D eigenvalue weighted by atomic mass is 10.2. The van der Waals surface area contributed by atoms with Gasteiger partial charge >= 0.3 is 5.97 Å². The number of amides is 2. The summed E-state index contributed by atoms with van der Waals surface area (Å²) in [7, 11) is 1.45. The minimum Gasteiger partial charge on any atom is -0.493 e. The SMILES string of the molecule is COc1cc(/C=N\NC(=O)/C(=C\c2cccs2)NC(=O)c2ccccc2)ccc1OC(C)=O. The molecule has 168 valence electrons. The van der Waals surface area contributed by atoms with Crippen molar-refractivity contribution in [2.45, 2.75) is 6.92 Å². The van der Waals surface area contributed by atoms with Gasteiger partial charge in [-0.05, 0) is 53.4 Å². The normalized spacial score (nSPS) is 11.2. The molecule has 0 atom stereocenters. The molecule has 2 amide bonds. The zero-order valence-electron chi connectivity index (χ0n) is 17.9. The molecule has 0 unspecified atom stereocenters. The smallest absolute Gasteiger partial charge is 0.308 e. The van der Waals surface area contributed by atoms with E-state index in [9.17, 15) is 14.4 Å². The van der Waals surface area contributed by atoms with Crippen LogP contribution in [-0.2, 0) is 9.59 Å². The van der Waals surface area contributed by atoms with Crippen LogP contribution in [-0.4, -0.2) is 31.1 Å². The van der Waals surface area contributed by atoms with E-state index in [4.69, 9.17) is 9.47 Å². The lowest BCUT2D eigenvalue weighted by Crippen LogP contribution is -2.32. The van der Waals surface area contributed by atoms with Gasteiger partial charge < -0.3 is 14.8 Å². The molecular formula is C24H21N3O5S. The summed E-state index contributed by atoms with van der Waals surface area (Å²) in [5.74, 6) is -0.856. The zero-order chi connectivity index (χ0) is 23.6. The summed E-state index contributed by atoms with van der Waals surface area (Å²) in [6.07, 6.45) is 2.98. The van der Waals surface area contributed by atoms with Crippen LogP contribution in [0.15, 0.2) is 76.8 Å². The molecule has 0 saturated heterocycles. The monoisotopic (exact) mass is 463 g/mol. The standard InChI is InChI=1S/C24H21N3O5S/c1-16(28)32-21-11-10-17(13-22(21)31-2)15-25-27-24(30)20(14-19-9-6-12-33-19)26-23(29)18-7-4-3-5-8-18/h3-15H,1-2H3,(H,26,29)(H,27,30)/b20-14+,25-15-. The molecule has 0 radical (unpaired) electrons. The van der Waals surface area contributed by atoms with Gasteiger partial charge in [0.2, 0.25) is 0 Å². The first-order valence-corrected chi connectivity index (χ1v) is 10.7. The summed E-state index contributed by atoms with van der Waals surface area (Å²) in [6, 6.07) is 17.1. The molecule has 2 N–H and O–H groups in total. The highest BCUT2D eigenvalue weighted by atomic mass is 32.1. The molecule has 1 aromatic heterocycles.